The molecule has 2 saturated heterocycles. The van der Waals surface area contributed by atoms with E-state index in [-0.39, 0.29) is 31.2 Å². The van der Waals surface area contributed by atoms with Crippen molar-refractivity contribution in [3.8, 4) is 0 Å². The van der Waals surface area contributed by atoms with Crippen molar-refractivity contribution in [2.45, 2.75) is 44.6 Å². The number of amides is 2. The lowest BCUT2D eigenvalue weighted by atomic mass is 9.79. The fraction of sp³-hybridized carbons (Fsp3) is 0.600. The number of benzene rings is 1. The largest absolute Gasteiger partial charge is 0.390 e. The van der Waals surface area contributed by atoms with Gasteiger partial charge < -0.3 is 10.0 Å². The van der Waals surface area contributed by atoms with Crippen LogP contribution in [0.25, 0.3) is 0 Å². The molecule has 0 unspecified atom stereocenters. The number of carbonyl (C=O) groups excluding carboxylic acids is 2. The molecule has 0 radical (unpaired) electrons. The summed E-state index contributed by atoms with van der Waals surface area (Å²) >= 11 is 0. The van der Waals surface area contributed by atoms with Gasteiger partial charge in [0.1, 0.15) is 0 Å². The number of β-amino-alcohol motifs (C(OH)–C–C–N with tert-alkyl or cyclic N) is 1. The Balaban J connectivity index is 1.54. The van der Waals surface area contributed by atoms with E-state index >= 15 is 0 Å². The van der Waals surface area contributed by atoms with Crippen LogP contribution in [-0.4, -0.2) is 59.0 Å². The lowest BCUT2D eigenvalue weighted by Gasteiger charge is -2.39. The second-order valence-electron chi connectivity index (χ2n) is 7.29. The fourth-order valence-corrected chi connectivity index (χ4v) is 4.22. The third kappa shape index (κ3) is 4.28. The van der Waals surface area contributed by atoms with E-state index < -0.39 is 6.10 Å². The average Bonchev–Trinajstić information content (AvgIpc) is 2.94. The first-order valence-corrected chi connectivity index (χ1v) is 9.37. The molecule has 0 spiro atoms. The zero-order chi connectivity index (χ0) is 17.8. The van der Waals surface area contributed by atoms with Crippen molar-refractivity contribution in [2.24, 2.45) is 5.92 Å². The van der Waals surface area contributed by atoms with Crippen molar-refractivity contribution < 1.29 is 14.7 Å². The number of nitrogens with zero attached hydrogens (tertiary/aromatic N) is 2. The van der Waals surface area contributed by atoms with E-state index in [4.69, 9.17) is 0 Å². The number of hydrogen-bond acceptors (Lipinski definition) is 4. The van der Waals surface area contributed by atoms with Crippen LogP contribution in [0.4, 0.5) is 0 Å². The van der Waals surface area contributed by atoms with Crippen LogP contribution in [0, 0.1) is 5.92 Å². The predicted octanol–water partition coefficient (Wildman–Crippen LogP) is 2.01. The van der Waals surface area contributed by atoms with Crippen molar-refractivity contribution >= 4 is 11.8 Å². The maximum atomic E-state index is 11.7. The monoisotopic (exact) mass is 344 g/mol. The molecule has 5 nitrogen and oxygen atoms in total. The van der Waals surface area contributed by atoms with E-state index in [1.54, 1.807) is 0 Å². The summed E-state index contributed by atoms with van der Waals surface area (Å²) in [5.41, 5.74) is 1.41. The summed E-state index contributed by atoms with van der Waals surface area (Å²) in [6.45, 7) is 4.77. The van der Waals surface area contributed by atoms with Gasteiger partial charge in [0.05, 0.1) is 12.6 Å². The van der Waals surface area contributed by atoms with Crippen LogP contribution in [0.15, 0.2) is 30.3 Å². The lowest BCUT2D eigenvalue weighted by molar-refractivity contribution is -0.140. The van der Waals surface area contributed by atoms with Gasteiger partial charge in [0.25, 0.3) is 0 Å². The van der Waals surface area contributed by atoms with Crippen LogP contribution in [0.5, 0.6) is 0 Å². The summed E-state index contributed by atoms with van der Waals surface area (Å²) in [5.74, 6) is 0.830. The Bertz CT molecular complexity index is 588. The van der Waals surface area contributed by atoms with E-state index in [2.05, 4.69) is 42.2 Å². The van der Waals surface area contributed by atoms with Gasteiger partial charge in [-0.3, -0.25) is 14.5 Å². The molecular weight excluding hydrogens is 316 g/mol. The highest BCUT2D eigenvalue weighted by atomic mass is 16.3. The molecule has 3 rings (SSSR count). The Morgan fingerprint density at radius 1 is 1.12 bits per heavy atom. The number of likely N-dealkylation sites (tertiary alicyclic amines) is 2. The fourth-order valence-electron chi connectivity index (χ4n) is 4.22. The molecule has 1 N–H and O–H groups in total. The molecule has 2 aliphatic heterocycles. The minimum Gasteiger partial charge on any atom is -0.390 e. The molecule has 1 aromatic rings. The van der Waals surface area contributed by atoms with Gasteiger partial charge in [-0.25, -0.2) is 0 Å². The number of imide groups is 1. The van der Waals surface area contributed by atoms with Crippen LogP contribution in [-0.2, 0) is 9.59 Å². The summed E-state index contributed by atoms with van der Waals surface area (Å²) < 4.78 is 0. The van der Waals surface area contributed by atoms with E-state index in [1.165, 1.54) is 10.5 Å². The Morgan fingerprint density at radius 2 is 1.80 bits per heavy atom. The van der Waals surface area contributed by atoms with Crippen molar-refractivity contribution in [1.82, 2.24) is 9.80 Å². The minimum absolute atomic E-state index is 0.132. The van der Waals surface area contributed by atoms with Crippen LogP contribution in [0.3, 0.4) is 0 Å². The van der Waals surface area contributed by atoms with Crippen molar-refractivity contribution in [3.05, 3.63) is 35.9 Å². The molecule has 5 heteroatoms. The van der Waals surface area contributed by atoms with Gasteiger partial charge in [0.15, 0.2) is 0 Å². The first kappa shape index (κ1) is 18.1. The Kier molecular flexibility index (Phi) is 5.86. The van der Waals surface area contributed by atoms with E-state index in [0.29, 0.717) is 18.4 Å². The highest BCUT2D eigenvalue weighted by molar-refractivity contribution is 6.01. The summed E-state index contributed by atoms with van der Waals surface area (Å²) in [7, 11) is 0. The highest BCUT2D eigenvalue weighted by Gasteiger charge is 2.33. The van der Waals surface area contributed by atoms with Gasteiger partial charge in [-0.1, -0.05) is 43.7 Å². The smallest absolute Gasteiger partial charge is 0.229 e. The second kappa shape index (κ2) is 8.11. The van der Waals surface area contributed by atoms with Crippen molar-refractivity contribution in [2.75, 3.05) is 26.2 Å². The minimum atomic E-state index is -0.670. The van der Waals surface area contributed by atoms with Gasteiger partial charge in [0, 0.05) is 25.9 Å². The summed E-state index contributed by atoms with van der Waals surface area (Å²) in [6.07, 6.45) is 2.08. The number of rotatable bonds is 6. The molecule has 136 valence electrons. The maximum Gasteiger partial charge on any atom is 0.229 e. The number of hydrogen-bond donors (Lipinski definition) is 1. The number of aliphatic hydroxyl groups is 1. The third-order valence-electron chi connectivity index (χ3n) is 5.59. The van der Waals surface area contributed by atoms with Gasteiger partial charge in [-0.05, 0) is 30.4 Å². The summed E-state index contributed by atoms with van der Waals surface area (Å²) in [6, 6.07) is 10.7. The van der Waals surface area contributed by atoms with Crippen LogP contribution < -0.4 is 0 Å². The van der Waals surface area contributed by atoms with Gasteiger partial charge in [0.2, 0.25) is 11.8 Å². The summed E-state index contributed by atoms with van der Waals surface area (Å²) in [5, 5.41) is 10.4. The number of carbonyl (C=O) groups is 2. The molecule has 2 fully saturated rings. The average molecular weight is 344 g/mol. The molecule has 25 heavy (non-hydrogen) atoms. The molecule has 3 atom stereocenters. The van der Waals surface area contributed by atoms with Gasteiger partial charge in [-0.15, -0.1) is 0 Å². The Labute approximate surface area is 149 Å². The molecule has 0 aromatic heterocycles. The van der Waals surface area contributed by atoms with Crippen LogP contribution >= 0.6 is 0 Å². The van der Waals surface area contributed by atoms with E-state index in [0.717, 1.165) is 25.9 Å². The van der Waals surface area contributed by atoms with Crippen LogP contribution in [0.1, 0.15) is 44.1 Å². The van der Waals surface area contributed by atoms with Gasteiger partial charge in [-0.2, -0.15) is 0 Å². The summed E-state index contributed by atoms with van der Waals surface area (Å²) in [4.78, 5) is 26.9. The first-order valence-electron chi connectivity index (χ1n) is 9.37. The van der Waals surface area contributed by atoms with Gasteiger partial charge >= 0.3 is 0 Å². The van der Waals surface area contributed by atoms with E-state index in [1.807, 2.05) is 0 Å². The van der Waals surface area contributed by atoms with E-state index in [9.17, 15) is 14.7 Å². The van der Waals surface area contributed by atoms with Crippen molar-refractivity contribution in [3.63, 3.8) is 0 Å². The molecule has 2 aliphatic rings. The Hall–Kier alpha value is -1.72. The predicted molar refractivity (Wildman–Crippen MR) is 96.0 cm³/mol. The molecule has 2 amide bonds. The Morgan fingerprint density at radius 3 is 2.44 bits per heavy atom. The molecule has 0 saturated carbocycles. The molecule has 0 aliphatic carbocycles. The maximum absolute atomic E-state index is 11.7. The standard InChI is InChI=1S/C20H28N2O3/c1-2-15-12-21(11-10-18(15)16-6-4-3-5-7-16)13-17(23)14-22-19(24)8-9-20(22)25/h3-7,15,17-18,23H,2,8-14H2,1H3/t15-,17-,18-/m1/s1. The van der Waals surface area contributed by atoms with Crippen LogP contribution in [0.2, 0.25) is 0 Å². The zero-order valence-electron chi connectivity index (χ0n) is 14.9. The molecule has 0 bridgehead atoms. The molecule has 1 aromatic carbocycles. The SMILES string of the molecule is CC[C@@H]1CN(C[C@@H](O)CN2C(=O)CCC2=O)CC[C@H]1c1ccccc1. The highest BCUT2D eigenvalue weighted by Crippen LogP contribution is 2.34. The van der Waals surface area contributed by atoms with Crippen molar-refractivity contribution in [1.29, 1.82) is 0 Å². The molecular formula is C20H28N2O3. The zero-order valence-corrected chi connectivity index (χ0v) is 14.9. The lowest BCUT2D eigenvalue weighted by Crippen LogP contribution is -2.46. The number of aliphatic hydroxyl groups excluding tert-OH is 1. The third-order valence-corrected chi connectivity index (χ3v) is 5.59. The topological polar surface area (TPSA) is 60.9 Å². The second-order valence-corrected chi connectivity index (χ2v) is 7.29. The molecule has 2 heterocycles. The normalized spacial score (nSPS) is 26.2. The first-order chi connectivity index (χ1) is 12.1. The quantitative estimate of drug-likeness (QED) is 0.802. The number of piperidine rings is 1.